The summed E-state index contributed by atoms with van der Waals surface area (Å²) in [7, 11) is 1.54. The van der Waals surface area contributed by atoms with Crippen LogP contribution in [0.25, 0.3) is 0 Å². The number of morpholine rings is 1. The van der Waals surface area contributed by atoms with Gasteiger partial charge in [0, 0.05) is 19.6 Å². The molecule has 0 radical (unpaired) electrons. The fourth-order valence-electron chi connectivity index (χ4n) is 2.83. The van der Waals surface area contributed by atoms with Gasteiger partial charge in [0.05, 0.1) is 19.8 Å². The van der Waals surface area contributed by atoms with Crippen molar-refractivity contribution in [1.29, 1.82) is 0 Å². The van der Waals surface area contributed by atoms with Gasteiger partial charge in [0.2, 0.25) is 0 Å². The molecule has 1 aliphatic rings. The monoisotopic (exact) mass is 317 g/mol. The van der Waals surface area contributed by atoms with Crippen LogP contribution >= 0.6 is 0 Å². The Hall–Kier alpha value is -2.11. The summed E-state index contributed by atoms with van der Waals surface area (Å²) >= 11 is 0. The smallest absolute Gasteiger partial charge is 0.160 e. The molecule has 0 amide bonds. The predicted molar refractivity (Wildman–Crippen MR) is 85.0 cm³/mol. The number of ether oxygens (including phenoxy) is 2. The summed E-state index contributed by atoms with van der Waals surface area (Å²) in [4.78, 5) is 2.25. The summed E-state index contributed by atoms with van der Waals surface area (Å²) in [6.45, 7) is 2.85. The van der Waals surface area contributed by atoms with Gasteiger partial charge in [-0.2, -0.15) is 0 Å². The van der Waals surface area contributed by atoms with E-state index >= 15 is 0 Å². The molecule has 0 saturated carbocycles. The van der Waals surface area contributed by atoms with E-state index in [-0.39, 0.29) is 17.7 Å². The first-order valence-electron chi connectivity index (χ1n) is 7.61. The molecule has 1 fully saturated rings. The number of nitrogens with zero attached hydrogens (tertiary/aromatic N) is 1. The quantitative estimate of drug-likeness (QED) is 0.941. The van der Waals surface area contributed by atoms with E-state index in [2.05, 4.69) is 4.90 Å². The van der Waals surface area contributed by atoms with Crippen molar-refractivity contribution < 1.29 is 19.0 Å². The Bertz CT molecular complexity index is 677. The van der Waals surface area contributed by atoms with Crippen molar-refractivity contribution in [1.82, 2.24) is 4.90 Å². The molecule has 3 rings (SSSR count). The maximum Gasteiger partial charge on any atom is 0.160 e. The minimum Gasteiger partial charge on any atom is -0.504 e. The lowest BCUT2D eigenvalue weighted by molar-refractivity contribution is -0.0330. The minimum atomic E-state index is -0.244. The minimum absolute atomic E-state index is 0.126. The van der Waals surface area contributed by atoms with Gasteiger partial charge >= 0.3 is 0 Å². The van der Waals surface area contributed by atoms with Crippen LogP contribution in [0.15, 0.2) is 42.5 Å². The van der Waals surface area contributed by atoms with Crippen molar-refractivity contribution in [2.75, 3.05) is 26.8 Å². The fourth-order valence-corrected chi connectivity index (χ4v) is 2.83. The highest BCUT2D eigenvalue weighted by Gasteiger charge is 2.22. The van der Waals surface area contributed by atoms with Gasteiger partial charge in [0.25, 0.3) is 0 Å². The van der Waals surface area contributed by atoms with E-state index in [0.29, 0.717) is 18.9 Å². The van der Waals surface area contributed by atoms with Crippen molar-refractivity contribution >= 4 is 0 Å². The second-order valence-corrected chi connectivity index (χ2v) is 5.66. The average Bonchev–Trinajstić information content (AvgIpc) is 2.57. The number of benzene rings is 2. The van der Waals surface area contributed by atoms with E-state index in [4.69, 9.17) is 9.47 Å². The highest BCUT2D eigenvalue weighted by Crippen LogP contribution is 2.28. The first-order chi connectivity index (χ1) is 11.2. The molecule has 23 heavy (non-hydrogen) atoms. The highest BCUT2D eigenvalue weighted by molar-refractivity contribution is 5.41. The van der Waals surface area contributed by atoms with Gasteiger partial charge in [0.15, 0.2) is 11.5 Å². The number of hydrogen-bond acceptors (Lipinski definition) is 4. The molecule has 1 aliphatic heterocycles. The Morgan fingerprint density at radius 1 is 1.30 bits per heavy atom. The van der Waals surface area contributed by atoms with Crippen LogP contribution < -0.4 is 4.74 Å². The maximum absolute atomic E-state index is 13.4. The third-order valence-corrected chi connectivity index (χ3v) is 4.02. The van der Waals surface area contributed by atoms with Gasteiger partial charge in [-0.05, 0) is 35.4 Å². The summed E-state index contributed by atoms with van der Waals surface area (Å²) in [5.41, 5.74) is 1.91. The predicted octanol–water partition coefficient (Wildman–Crippen LogP) is 3.11. The summed E-state index contributed by atoms with van der Waals surface area (Å²) in [5.74, 6) is 0.361. The van der Waals surface area contributed by atoms with Crippen molar-refractivity contribution in [2.24, 2.45) is 0 Å². The molecule has 0 spiro atoms. The van der Waals surface area contributed by atoms with Crippen molar-refractivity contribution in [3.05, 3.63) is 59.4 Å². The number of aromatic hydroxyl groups is 1. The lowest BCUT2D eigenvalue weighted by Crippen LogP contribution is -2.37. The highest BCUT2D eigenvalue weighted by atomic mass is 19.1. The summed E-state index contributed by atoms with van der Waals surface area (Å²) < 4.78 is 24.3. The maximum atomic E-state index is 13.4. The number of methoxy groups -OCH3 is 1. The zero-order valence-electron chi connectivity index (χ0n) is 13.0. The number of rotatable bonds is 4. The molecule has 5 heteroatoms. The van der Waals surface area contributed by atoms with Crippen LogP contribution in [0.1, 0.15) is 17.2 Å². The van der Waals surface area contributed by atoms with Crippen LogP contribution in [0.5, 0.6) is 11.5 Å². The van der Waals surface area contributed by atoms with Crippen LogP contribution in [0.3, 0.4) is 0 Å². The Kier molecular flexibility index (Phi) is 4.79. The lowest BCUT2D eigenvalue weighted by Gasteiger charge is -2.33. The molecule has 1 N–H and O–H groups in total. The molecule has 1 heterocycles. The molecule has 0 aliphatic carbocycles. The molecule has 0 unspecified atom stereocenters. The molecule has 0 aromatic heterocycles. The summed E-state index contributed by atoms with van der Waals surface area (Å²) in [6.07, 6.45) is -0.126. The second kappa shape index (κ2) is 6.98. The number of phenols is 1. The SMILES string of the molecule is COc1cc(CN2CCO[C@@H](c3cccc(F)c3)C2)ccc1O. The zero-order valence-corrected chi connectivity index (χ0v) is 13.0. The number of halogens is 1. The topological polar surface area (TPSA) is 41.9 Å². The van der Waals surface area contributed by atoms with Gasteiger partial charge in [-0.3, -0.25) is 4.90 Å². The average molecular weight is 317 g/mol. The molecule has 4 nitrogen and oxygen atoms in total. The second-order valence-electron chi connectivity index (χ2n) is 5.66. The van der Waals surface area contributed by atoms with E-state index in [1.807, 2.05) is 18.2 Å². The molecule has 0 bridgehead atoms. The molecule has 2 aromatic carbocycles. The van der Waals surface area contributed by atoms with E-state index < -0.39 is 0 Å². The normalized spacial score (nSPS) is 18.8. The van der Waals surface area contributed by atoms with E-state index in [1.54, 1.807) is 12.1 Å². The fraction of sp³-hybridized carbons (Fsp3) is 0.333. The van der Waals surface area contributed by atoms with Crippen LogP contribution in [-0.4, -0.2) is 36.8 Å². The van der Waals surface area contributed by atoms with E-state index in [9.17, 15) is 9.50 Å². The van der Waals surface area contributed by atoms with Crippen LogP contribution in [0.2, 0.25) is 0 Å². The molecule has 122 valence electrons. The third-order valence-electron chi connectivity index (χ3n) is 4.02. The van der Waals surface area contributed by atoms with Crippen LogP contribution in [-0.2, 0) is 11.3 Å². The standard InChI is InChI=1S/C18H20FNO3/c1-22-17-9-13(5-6-16(17)21)11-20-7-8-23-18(12-20)14-3-2-4-15(19)10-14/h2-6,9-10,18,21H,7-8,11-12H2,1H3/t18-/m1/s1. The third kappa shape index (κ3) is 3.81. The Balaban J connectivity index is 1.69. The first kappa shape index (κ1) is 15.8. The molecule has 2 aromatic rings. The van der Waals surface area contributed by atoms with Crippen molar-refractivity contribution in [2.45, 2.75) is 12.6 Å². The van der Waals surface area contributed by atoms with Crippen LogP contribution in [0, 0.1) is 5.82 Å². The van der Waals surface area contributed by atoms with E-state index in [1.165, 1.54) is 19.2 Å². The Labute approximate surface area is 135 Å². The van der Waals surface area contributed by atoms with Crippen molar-refractivity contribution in [3.63, 3.8) is 0 Å². The van der Waals surface area contributed by atoms with Gasteiger partial charge in [-0.25, -0.2) is 4.39 Å². The number of hydrogen-bond donors (Lipinski definition) is 1. The Morgan fingerprint density at radius 3 is 2.96 bits per heavy atom. The zero-order chi connectivity index (χ0) is 16.2. The molecular formula is C18H20FNO3. The van der Waals surface area contributed by atoms with Crippen molar-refractivity contribution in [3.8, 4) is 11.5 Å². The van der Waals surface area contributed by atoms with Gasteiger partial charge < -0.3 is 14.6 Å². The molecule has 1 saturated heterocycles. The first-order valence-corrected chi connectivity index (χ1v) is 7.61. The molecular weight excluding hydrogens is 297 g/mol. The summed E-state index contributed by atoms with van der Waals surface area (Å²) in [5, 5.41) is 9.66. The lowest BCUT2D eigenvalue weighted by atomic mass is 10.1. The van der Waals surface area contributed by atoms with Gasteiger partial charge in [-0.15, -0.1) is 0 Å². The molecule has 1 atom stereocenters. The van der Waals surface area contributed by atoms with Crippen LogP contribution in [0.4, 0.5) is 4.39 Å². The largest absolute Gasteiger partial charge is 0.504 e. The van der Waals surface area contributed by atoms with E-state index in [0.717, 1.165) is 24.2 Å². The Morgan fingerprint density at radius 2 is 2.17 bits per heavy atom. The number of phenolic OH excluding ortho intramolecular Hbond substituents is 1. The summed E-state index contributed by atoms with van der Waals surface area (Å²) in [6, 6.07) is 11.9. The van der Waals surface area contributed by atoms with Gasteiger partial charge in [-0.1, -0.05) is 18.2 Å². The van der Waals surface area contributed by atoms with Gasteiger partial charge in [0.1, 0.15) is 5.82 Å².